The maximum Gasteiger partial charge on any atom is 0.345 e. The van der Waals surface area contributed by atoms with Crippen molar-refractivity contribution in [1.82, 2.24) is 0 Å². The fourth-order valence-electron chi connectivity index (χ4n) is 1.42. The summed E-state index contributed by atoms with van der Waals surface area (Å²) in [5.41, 5.74) is 0.0601. The highest BCUT2D eigenvalue weighted by molar-refractivity contribution is 6.18. The van der Waals surface area contributed by atoms with Gasteiger partial charge in [-0.1, -0.05) is 0 Å². The summed E-state index contributed by atoms with van der Waals surface area (Å²) in [6, 6.07) is 0. The lowest BCUT2D eigenvalue weighted by atomic mass is 10.0. The van der Waals surface area contributed by atoms with E-state index < -0.39 is 5.97 Å². The molecule has 0 spiro atoms. The monoisotopic (exact) mass is 198 g/mol. The van der Waals surface area contributed by atoms with Crippen molar-refractivity contribution in [2.24, 2.45) is 0 Å². The van der Waals surface area contributed by atoms with Gasteiger partial charge in [-0.2, -0.15) is 0 Å². The second-order valence-corrected chi connectivity index (χ2v) is 3.21. The first-order valence-electron chi connectivity index (χ1n) is 4.64. The van der Waals surface area contributed by atoms with E-state index in [0.29, 0.717) is 5.76 Å². The predicted molar refractivity (Wildman–Crippen MR) is 49.5 cm³/mol. The number of hydrogen-bond acceptors (Lipinski definition) is 4. The van der Waals surface area contributed by atoms with Gasteiger partial charge < -0.3 is 9.47 Å². The molecule has 4 nitrogen and oxygen atoms in total. The van der Waals surface area contributed by atoms with E-state index in [0.717, 1.165) is 0 Å². The second kappa shape index (κ2) is 4.26. The Labute approximate surface area is 82.9 Å². The Bertz CT molecular complexity index is 290. The topological polar surface area (TPSA) is 52.6 Å². The molecule has 1 aliphatic rings. The van der Waals surface area contributed by atoms with Gasteiger partial charge in [-0.15, -0.1) is 0 Å². The Hall–Kier alpha value is -1.32. The third-order valence-electron chi connectivity index (χ3n) is 1.96. The summed E-state index contributed by atoms with van der Waals surface area (Å²) in [7, 11) is 0. The quantitative estimate of drug-likeness (QED) is 0.494. The first-order chi connectivity index (χ1) is 6.56. The van der Waals surface area contributed by atoms with E-state index in [4.69, 9.17) is 9.47 Å². The lowest BCUT2D eigenvalue weighted by Gasteiger charge is -2.22. The molecule has 1 aliphatic heterocycles. The van der Waals surface area contributed by atoms with Crippen LogP contribution in [0.15, 0.2) is 11.3 Å². The van der Waals surface area contributed by atoms with Crippen LogP contribution in [0.5, 0.6) is 0 Å². The molecule has 1 atom stereocenters. The molecule has 0 radical (unpaired) electrons. The zero-order valence-corrected chi connectivity index (χ0v) is 8.62. The van der Waals surface area contributed by atoms with Gasteiger partial charge in [0.2, 0.25) is 0 Å². The van der Waals surface area contributed by atoms with Gasteiger partial charge in [0, 0.05) is 6.42 Å². The lowest BCUT2D eigenvalue weighted by molar-refractivity contribution is -0.141. The van der Waals surface area contributed by atoms with Gasteiger partial charge in [-0.3, -0.25) is 4.79 Å². The van der Waals surface area contributed by atoms with Gasteiger partial charge in [0.05, 0.1) is 6.61 Å². The van der Waals surface area contributed by atoms with Crippen LogP contribution in [0.3, 0.4) is 0 Å². The van der Waals surface area contributed by atoms with E-state index in [1.165, 1.54) is 0 Å². The highest BCUT2D eigenvalue weighted by atomic mass is 16.5. The summed E-state index contributed by atoms with van der Waals surface area (Å²) >= 11 is 0. The van der Waals surface area contributed by atoms with Crippen LogP contribution in [0.4, 0.5) is 0 Å². The standard InChI is InChI=1S/C10H14O4/c1-4-13-10(12)9-7(3)14-6(2)5-8(9)11/h6H,4-5H2,1-3H3. The van der Waals surface area contributed by atoms with Crippen LogP contribution in [0.2, 0.25) is 0 Å². The number of rotatable bonds is 2. The minimum Gasteiger partial charge on any atom is -0.494 e. The number of ketones is 1. The van der Waals surface area contributed by atoms with Gasteiger partial charge >= 0.3 is 5.97 Å². The average Bonchev–Trinajstić information content (AvgIpc) is 2.01. The lowest BCUT2D eigenvalue weighted by Crippen LogP contribution is -2.27. The highest BCUT2D eigenvalue weighted by Crippen LogP contribution is 2.21. The normalized spacial score (nSPS) is 21.9. The largest absolute Gasteiger partial charge is 0.494 e. The predicted octanol–water partition coefficient (Wildman–Crippen LogP) is 1.20. The fraction of sp³-hybridized carbons (Fsp3) is 0.600. The highest BCUT2D eigenvalue weighted by Gasteiger charge is 2.30. The van der Waals surface area contributed by atoms with Gasteiger partial charge in [-0.25, -0.2) is 4.79 Å². The Morgan fingerprint density at radius 1 is 1.64 bits per heavy atom. The van der Waals surface area contributed by atoms with Crippen molar-refractivity contribution in [1.29, 1.82) is 0 Å². The average molecular weight is 198 g/mol. The number of carbonyl (C=O) groups excluding carboxylic acids is 2. The van der Waals surface area contributed by atoms with Crippen molar-refractivity contribution >= 4 is 11.8 Å². The van der Waals surface area contributed by atoms with E-state index in [2.05, 4.69) is 0 Å². The Kier molecular flexibility index (Phi) is 3.28. The summed E-state index contributed by atoms with van der Waals surface area (Å²) in [6.45, 7) is 5.37. The molecule has 4 heteroatoms. The van der Waals surface area contributed by atoms with E-state index in [9.17, 15) is 9.59 Å². The molecule has 1 heterocycles. The fourth-order valence-corrected chi connectivity index (χ4v) is 1.42. The minimum atomic E-state index is -0.582. The van der Waals surface area contributed by atoms with E-state index in [-0.39, 0.29) is 30.5 Å². The molecule has 0 aromatic heterocycles. The third kappa shape index (κ3) is 2.13. The van der Waals surface area contributed by atoms with Crippen LogP contribution in [0, 0.1) is 0 Å². The second-order valence-electron chi connectivity index (χ2n) is 3.21. The van der Waals surface area contributed by atoms with Crippen LogP contribution in [-0.2, 0) is 19.1 Å². The zero-order valence-electron chi connectivity index (χ0n) is 8.62. The Morgan fingerprint density at radius 2 is 2.29 bits per heavy atom. The third-order valence-corrected chi connectivity index (χ3v) is 1.96. The molecule has 14 heavy (non-hydrogen) atoms. The molecule has 0 aromatic carbocycles. The van der Waals surface area contributed by atoms with Gasteiger partial charge in [0.25, 0.3) is 0 Å². The smallest absolute Gasteiger partial charge is 0.345 e. The number of Topliss-reactive ketones (excluding diaryl/α,β-unsaturated/α-hetero) is 1. The Morgan fingerprint density at radius 3 is 2.79 bits per heavy atom. The van der Waals surface area contributed by atoms with E-state index >= 15 is 0 Å². The summed E-state index contributed by atoms with van der Waals surface area (Å²) in [5.74, 6) is -0.409. The molecule has 0 N–H and O–H groups in total. The maximum absolute atomic E-state index is 11.5. The molecule has 0 amide bonds. The summed E-state index contributed by atoms with van der Waals surface area (Å²) < 4.78 is 10.1. The molecule has 1 unspecified atom stereocenters. The first kappa shape index (κ1) is 10.8. The number of esters is 1. The minimum absolute atomic E-state index is 0.0601. The molecule has 0 saturated heterocycles. The first-order valence-corrected chi connectivity index (χ1v) is 4.64. The number of carbonyl (C=O) groups is 2. The molecule has 0 saturated carbocycles. The van der Waals surface area contributed by atoms with Crippen molar-refractivity contribution in [3.8, 4) is 0 Å². The number of hydrogen-bond donors (Lipinski definition) is 0. The summed E-state index contributed by atoms with van der Waals surface area (Å²) in [5, 5.41) is 0. The molecule has 0 bridgehead atoms. The molecule has 0 aromatic rings. The summed E-state index contributed by atoms with van der Waals surface area (Å²) in [4.78, 5) is 22.8. The van der Waals surface area contributed by atoms with Crippen molar-refractivity contribution in [3.63, 3.8) is 0 Å². The van der Waals surface area contributed by atoms with Crippen LogP contribution in [-0.4, -0.2) is 24.5 Å². The molecular weight excluding hydrogens is 184 g/mol. The molecule has 1 rings (SSSR count). The Balaban J connectivity index is 2.89. The van der Waals surface area contributed by atoms with Gasteiger partial charge in [0.1, 0.15) is 17.4 Å². The van der Waals surface area contributed by atoms with E-state index in [1.807, 2.05) is 0 Å². The molecule has 0 aliphatic carbocycles. The van der Waals surface area contributed by atoms with Crippen molar-refractivity contribution in [3.05, 3.63) is 11.3 Å². The van der Waals surface area contributed by atoms with Crippen molar-refractivity contribution in [2.75, 3.05) is 6.61 Å². The van der Waals surface area contributed by atoms with Crippen LogP contribution >= 0.6 is 0 Å². The zero-order chi connectivity index (χ0) is 10.7. The number of allylic oxidation sites excluding steroid dienone is 1. The van der Waals surface area contributed by atoms with Crippen LogP contribution in [0.25, 0.3) is 0 Å². The van der Waals surface area contributed by atoms with Gasteiger partial charge in [0.15, 0.2) is 5.78 Å². The maximum atomic E-state index is 11.5. The SMILES string of the molecule is CCOC(=O)C1=C(C)OC(C)CC1=O. The number of ether oxygens (including phenoxy) is 2. The molecular formula is C10H14O4. The van der Waals surface area contributed by atoms with Crippen molar-refractivity contribution in [2.45, 2.75) is 33.3 Å². The molecule has 78 valence electrons. The van der Waals surface area contributed by atoms with Crippen LogP contribution < -0.4 is 0 Å². The molecule has 0 fully saturated rings. The van der Waals surface area contributed by atoms with E-state index in [1.54, 1.807) is 20.8 Å². The van der Waals surface area contributed by atoms with Crippen molar-refractivity contribution < 1.29 is 19.1 Å². The summed E-state index contributed by atoms with van der Waals surface area (Å²) in [6.07, 6.45) is 0.0894. The van der Waals surface area contributed by atoms with Crippen LogP contribution in [0.1, 0.15) is 27.2 Å². The van der Waals surface area contributed by atoms with Gasteiger partial charge in [-0.05, 0) is 20.8 Å².